The van der Waals surface area contributed by atoms with E-state index in [1.165, 1.54) is 33.3 Å². The zero-order chi connectivity index (χ0) is 18.3. The van der Waals surface area contributed by atoms with Gasteiger partial charge in [0.1, 0.15) is 0 Å². The molecule has 1 heterocycles. The average molecular weight is 400 g/mol. The summed E-state index contributed by atoms with van der Waals surface area (Å²) in [5.41, 5.74) is 6.80. The maximum Gasteiger partial charge on any atom is 2.00 e. The van der Waals surface area contributed by atoms with E-state index in [0.29, 0.717) is 0 Å². The van der Waals surface area contributed by atoms with Crippen LogP contribution in [0.1, 0.15) is 0 Å². The number of pyridine rings is 1. The number of anilines is 2. The third kappa shape index (κ3) is 4.04. The number of hydrogen-bond acceptors (Lipinski definition) is 3. The molecule has 0 aliphatic heterocycles. The molecular formula is C23H22ClMgN3. The van der Waals surface area contributed by atoms with Gasteiger partial charge in [0, 0.05) is 50.3 Å². The average Bonchev–Trinajstić information content (AvgIpc) is 2.65. The van der Waals surface area contributed by atoms with E-state index in [2.05, 4.69) is 92.6 Å². The zero-order valence-electron chi connectivity index (χ0n) is 16.7. The Balaban J connectivity index is 0.00000140. The molecule has 0 spiro atoms. The van der Waals surface area contributed by atoms with Crippen molar-refractivity contribution in [2.75, 3.05) is 38.0 Å². The normalized spacial score (nSPS) is 10.3. The largest absolute Gasteiger partial charge is 2.00 e. The second-order valence-corrected chi connectivity index (χ2v) is 6.97. The van der Waals surface area contributed by atoms with Crippen LogP contribution >= 0.6 is 0 Å². The Hall–Kier alpha value is -2.01. The third-order valence-electron chi connectivity index (χ3n) is 4.78. The summed E-state index contributed by atoms with van der Waals surface area (Å²) in [6, 6.07) is 24.3. The Morgan fingerprint density at radius 2 is 1.18 bits per heavy atom. The predicted octanol–water partition coefficient (Wildman–Crippen LogP) is 1.61. The Labute approximate surface area is 188 Å². The number of aromatic nitrogens is 1. The van der Waals surface area contributed by atoms with Crippen LogP contribution in [-0.2, 0) is 0 Å². The van der Waals surface area contributed by atoms with Gasteiger partial charge >= 0.3 is 23.1 Å². The first kappa shape index (κ1) is 22.3. The van der Waals surface area contributed by atoms with Gasteiger partial charge < -0.3 is 22.2 Å². The van der Waals surface area contributed by atoms with Gasteiger partial charge in [0.05, 0.1) is 11.0 Å². The molecule has 0 fully saturated rings. The molecule has 4 rings (SSSR count). The number of rotatable bonds is 3. The van der Waals surface area contributed by atoms with Crippen molar-refractivity contribution in [3.05, 3.63) is 66.7 Å². The summed E-state index contributed by atoms with van der Waals surface area (Å²) in [5, 5.41) is 2.34. The first-order chi connectivity index (χ1) is 12.5. The minimum atomic E-state index is 0. The third-order valence-corrected chi connectivity index (χ3v) is 4.78. The number of nitrogens with zero attached hydrogens (tertiary/aromatic N) is 3. The summed E-state index contributed by atoms with van der Waals surface area (Å²) < 4.78 is 0. The SMILES string of the molecule is CN(C)c1ccc2nc3ccc(N(C)C)cc3c(-c3cc[c-]cc3)c2c1.[Cl-].[Mg+2]. The van der Waals surface area contributed by atoms with E-state index < -0.39 is 0 Å². The fourth-order valence-electron chi connectivity index (χ4n) is 3.34. The minimum absolute atomic E-state index is 0. The Morgan fingerprint density at radius 3 is 1.61 bits per heavy atom. The molecule has 1 aromatic heterocycles. The molecule has 0 radical (unpaired) electrons. The first-order valence-corrected chi connectivity index (χ1v) is 8.73. The van der Waals surface area contributed by atoms with Crippen molar-refractivity contribution in [2.24, 2.45) is 0 Å². The molecule has 0 aliphatic carbocycles. The number of halogens is 1. The van der Waals surface area contributed by atoms with Gasteiger partial charge in [0.15, 0.2) is 0 Å². The van der Waals surface area contributed by atoms with Crippen LogP contribution in [0.3, 0.4) is 0 Å². The smallest absolute Gasteiger partial charge is 1.00 e. The van der Waals surface area contributed by atoms with E-state index in [4.69, 9.17) is 4.98 Å². The van der Waals surface area contributed by atoms with Gasteiger partial charge in [0.2, 0.25) is 0 Å². The van der Waals surface area contributed by atoms with Crippen LogP contribution in [-0.4, -0.2) is 56.2 Å². The summed E-state index contributed by atoms with van der Waals surface area (Å²) in [7, 11) is 8.27. The molecule has 138 valence electrons. The minimum Gasteiger partial charge on any atom is -1.00 e. The first-order valence-electron chi connectivity index (χ1n) is 8.73. The molecule has 4 aromatic rings. The number of hydrogen-bond donors (Lipinski definition) is 0. The van der Waals surface area contributed by atoms with E-state index in [1.54, 1.807) is 0 Å². The summed E-state index contributed by atoms with van der Waals surface area (Å²) in [5.74, 6) is 0. The Kier molecular flexibility index (Phi) is 7.15. The van der Waals surface area contributed by atoms with E-state index in [9.17, 15) is 0 Å². The van der Waals surface area contributed by atoms with Gasteiger partial charge in [-0.3, -0.25) is 0 Å². The van der Waals surface area contributed by atoms with Crippen LogP contribution in [0.25, 0.3) is 32.9 Å². The van der Waals surface area contributed by atoms with E-state index in [-0.39, 0.29) is 35.5 Å². The monoisotopic (exact) mass is 399 g/mol. The Morgan fingerprint density at radius 1 is 0.714 bits per heavy atom. The van der Waals surface area contributed by atoms with Gasteiger partial charge in [0.25, 0.3) is 0 Å². The van der Waals surface area contributed by atoms with Crippen LogP contribution in [0.15, 0.2) is 60.7 Å². The van der Waals surface area contributed by atoms with Gasteiger partial charge in [-0.05, 0) is 42.0 Å². The van der Waals surface area contributed by atoms with Crippen LogP contribution in [0, 0.1) is 6.07 Å². The molecule has 0 aliphatic rings. The molecule has 0 bridgehead atoms. The molecule has 28 heavy (non-hydrogen) atoms. The molecule has 3 nitrogen and oxygen atoms in total. The summed E-state index contributed by atoms with van der Waals surface area (Å²) >= 11 is 0. The van der Waals surface area contributed by atoms with E-state index in [1.807, 2.05) is 12.1 Å². The van der Waals surface area contributed by atoms with Crippen LogP contribution in [0.4, 0.5) is 11.4 Å². The van der Waals surface area contributed by atoms with Gasteiger partial charge in [-0.2, -0.15) is 30.3 Å². The van der Waals surface area contributed by atoms with Gasteiger partial charge in [-0.15, -0.1) is 5.56 Å². The number of fused-ring (bicyclic) bond motifs is 2. The summed E-state index contributed by atoms with van der Waals surface area (Å²) in [6.07, 6.45) is 0. The van der Waals surface area contributed by atoms with Crippen molar-refractivity contribution in [2.45, 2.75) is 0 Å². The molecule has 0 amide bonds. The molecule has 0 saturated heterocycles. The molecule has 3 aromatic carbocycles. The molecule has 0 saturated carbocycles. The zero-order valence-corrected chi connectivity index (χ0v) is 18.9. The van der Waals surface area contributed by atoms with Crippen molar-refractivity contribution in [3.63, 3.8) is 0 Å². The molecular weight excluding hydrogens is 378 g/mol. The maximum absolute atomic E-state index is 4.92. The Bertz CT molecular complexity index is 1030. The van der Waals surface area contributed by atoms with E-state index in [0.717, 1.165) is 11.0 Å². The standard InChI is InChI=1S/C23H22N3.ClH.Mg/c1-25(2)17-10-12-21-19(14-17)23(16-8-6-5-7-9-16)20-15-18(26(3)4)11-13-22(20)24-21;;/h6-15H,1-4H3;1H;/q-1;;+2/p-1. The van der Waals surface area contributed by atoms with Gasteiger partial charge in [-0.25, -0.2) is 4.98 Å². The predicted molar refractivity (Wildman–Crippen MR) is 118 cm³/mol. The summed E-state index contributed by atoms with van der Waals surface area (Å²) in [6.45, 7) is 0. The van der Waals surface area contributed by atoms with Crippen molar-refractivity contribution in [1.82, 2.24) is 4.98 Å². The fraction of sp³-hybridized carbons (Fsp3) is 0.174. The summed E-state index contributed by atoms with van der Waals surface area (Å²) in [4.78, 5) is 9.17. The van der Waals surface area contributed by atoms with Crippen molar-refractivity contribution >= 4 is 56.2 Å². The fourth-order valence-corrected chi connectivity index (χ4v) is 3.34. The van der Waals surface area contributed by atoms with Crippen molar-refractivity contribution < 1.29 is 12.4 Å². The van der Waals surface area contributed by atoms with Crippen LogP contribution in [0.2, 0.25) is 0 Å². The van der Waals surface area contributed by atoms with Crippen molar-refractivity contribution in [3.8, 4) is 11.1 Å². The molecule has 0 atom stereocenters. The topological polar surface area (TPSA) is 19.4 Å². The molecule has 5 heteroatoms. The quantitative estimate of drug-likeness (QED) is 0.296. The second kappa shape index (κ2) is 8.99. The number of benzene rings is 3. The van der Waals surface area contributed by atoms with Crippen LogP contribution < -0.4 is 22.2 Å². The van der Waals surface area contributed by atoms with E-state index >= 15 is 0 Å². The molecule has 0 N–H and O–H groups in total. The maximum atomic E-state index is 4.92. The second-order valence-electron chi connectivity index (χ2n) is 6.97. The molecule has 0 unspecified atom stereocenters. The van der Waals surface area contributed by atoms with Crippen LogP contribution in [0.5, 0.6) is 0 Å². The van der Waals surface area contributed by atoms with Crippen molar-refractivity contribution in [1.29, 1.82) is 0 Å². The van der Waals surface area contributed by atoms with Gasteiger partial charge in [-0.1, -0.05) is 0 Å².